The third-order valence-corrected chi connectivity index (χ3v) is 11.2. The van der Waals surface area contributed by atoms with E-state index >= 15 is 0 Å². The van der Waals surface area contributed by atoms with Gasteiger partial charge >= 0.3 is 11.9 Å². The number of rotatable bonds is 24. The van der Waals surface area contributed by atoms with Crippen molar-refractivity contribution in [2.75, 3.05) is 0 Å². The van der Waals surface area contributed by atoms with Crippen LogP contribution in [0.25, 0.3) is 0 Å². The Kier molecular flexibility index (Phi) is 26.8. The van der Waals surface area contributed by atoms with Gasteiger partial charge in [-0.15, -0.1) is 0 Å². The molecule has 0 aliphatic rings. The first-order chi connectivity index (χ1) is 30.1. The van der Waals surface area contributed by atoms with Gasteiger partial charge in [0.2, 0.25) is 0 Å². The van der Waals surface area contributed by atoms with E-state index in [1.54, 1.807) is 0 Å². The van der Waals surface area contributed by atoms with E-state index < -0.39 is 0 Å². The Balaban J connectivity index is 0.000000359. The summed E-state index contributed by atoms with van der Waals surface area (Å²) >= 11 is 0. The lowest BCUT2D eigenvalue weighted by molar-refractivity contribution is -0.151. The van der Waals surface area contributed by atoms with Crippen molar-refractivity contribution in [1.29, 1.82) is 0 Å². The van der Waals surface area contributed by atoms with Crippen LogP contribution in [-0.2, 0) is 73.6 Å². The molecule has 0 N–H and O–H groups in total. The fourth-order valence-corrected chi connectivity index (χ4v) is 7.44. The predicted molar refractivity (Wildman–Crippen MR) is 261 cm³/mol. The molecule has 0 aromatic heterocycles. The second-order valence-corrected chi connectivity index (χ2v) is 17.9. The maximum Gasteiger partial charge on any atom is 0.306 e. The summed E-state index contributed by atoms with van der Waals surface area (Å²) in [5.41, 5.74) is 11.2. The van der Waals surface area contributed by atoms with E-state index in [2.05, 4.69) is 146 Å². The first kappa shape index (κ1) is 54.3. The highest BCUT2D eigenvalue weighted by atomic mass is 16.5. The summed E-state index contributed by atoms with van der Waals surface area (Å²) in [7, 11) is 0. The normalized spacial score (nSPS) is 11.7. The van der Waals surface area contributed by atoms with Crippen molar-refractivity contribution in [3.05, 3.63) is 142 Å². The van der Waals surface area contributed by atoms with Crippen LogP contribution in [0.4, 0.5) is 0 Å². The van der Waals surface area contributed by atoms with Gasteiger partial charge in [0, 0.05) is 12.8 Å². The van der Waals surface area contributed by atoms with Gasteiger partial charge in [0.1, 0.15) is 23.8 Å². The summed E-state index contributed by atoms with van der Waals surface area (Å²) < 4.78 is 11.0. The molecule has 0 saturated heterocycles. The minimum absolute atomic E-state index is 0.00413. The van der Waals surface area contributed by atoms with Crippen LogP contribution in [0.1, 0.15) is 158 Å². The zero-order valence-corrected chi connectivity index (χ0v) is 40.6. The molecule has 4 aromatic carbocycles. The number of aryl methyl sites for hydroxylation is 8. The first-order valence-electron chi connectivity index (χ1n) is 23.8. The van der Waals surface area contributed by atoms with Crippen molar-refractivity contribution in [2.45, 2.75) is 178 Å². The topological polar surface area (TPSA) is 86.7 Å². The standard InChI is InChI=1S/C28H38O3.C17H20.C12H22O3/c1-5-23-9-8-10-24(20-23)14-15-25-11-6-7-12-26(25)16-17-27(19-21(2)3)31-28(30)18-13-22(4)29;1-3-15-8-6-9-16(13-15)11-12-17-10-5-4-7-14(17)2;1-5-11(8-9(2)3)15-12(14)7-6-10(4)13/h6-12,20-21,27H,5,13-19H2,1-4H3;4-10,13H,3,11-12H2,1-2H3;9,11H,5-8H2,1-4H3. The molecule has 0 amide bonds. The van der Waals surface area contributed by atoms with Crippen LogP contribution in [-0.4, -0.2) is 35.7 Å². The molecule has 344 valence electrons. The Hall–Kier alpha value is -4.84. The number of hydrogen-bond donors (Lipinski definition) is 0. The molecule has 0 spiro atoms. The van der Waals surface area contributed by atoms with E-state index in [4.69, 9.17) is 9.47 Å². The Morgan fingerprint density at radius 1 is 0.476 bits per heavy atom. The molecule has 0 heterocycles. The van der Waals surface area contributed by atoms with Gasteiger partial charge in [-0.1, -0.05) is 146 Å². The van der Waals surface area contributed by atoms with Crippen LogP contribution in [0, 0.1) is 18.8 Å². The molecule has 63 heavy (non-hydrogen) atoms. The smallest absolute Gasteiger partial charge is 0.306 e. The van der Waals surface area contributed by atoms with Crippen LogP contribution < -0.4 is 0 Å². The second kappa shape index (κ2) is 31.1. The zero-order chi connectivity index (χ0) is 46.6. The highest BCUT2D eigenvalue weighted by Crippen LogP contribution is 2.21. The molecular formula is C57H80O6. The third-order valence-electron chi connectivity index (χ3n) is 11.2. The zero-order valence-electron chi connectivity index (χ0n) is 40.6. The van der Waals surface area contributed by atoms with Crippen LogP contribution in [0.2, 0.25) is 0 Å². The average Bonchev–Trinajstić information content (AvgIpc) is 3.26. The summed E-state index contributed by atoms with van der Waals surface area (Å²) in [5.74, 6) is 0.518. The number of Topliss-reactive ketones (excluding diaryl/α,β-unsaturated/α-hetero) is 2. The SMILES string of the molecule is CCC(CC(C)C)OC(=O)CCC(C)=O.CCc1cccc(CCc2ccccc2C)c1.CCc1cccc(CCc2ccccc2CCC(CC(C)C)OC(=O)CCC(C)=O)c1. The molecular weight excluding hydrogens is 781 g/mol. The fraction of sp³-hybridized carbons (Fsp3) is 0.509. The van der Waals surface area contributed by atoms with Gasteiger partial charge < -0.3 is 19.1 Å². The van der Waals surface area contributed by atoms with Crippen LogP contribution in [0.3, 0.4) is 0 Å². The van der Waals surface area contributed by atoms with Crippen molar-refractivity contribution >= 4 is 23.5 Å². The average molecular weight is 861 g/mol. The highest BCUT2D eigenvalue weighted by Gasteiger charge is 2.18. The number of ketones is 2. The molecule has 6 nitrogen and oxygen atoms in total. The van der Waals surface area contributed by atoms with Crippen molar-refractivity contribution in [1.82, 2.24) is 0 Å². The van der Waals surface area contributed by atoms with Gasteiger partial charge in [-0.2, -0.15) is 0 Å². The number of benzene rings is 4. The number of carbonyl (C=O) groups is 4. The van der Waals surface area contributed by atoms with Crippen molar-refractivity contribution in [3.8, 4) is 0 Å². The van der Waals surface area contributed by atoms with Gasteiger partial charge in [-0.05, 0) is 148 Å². The van der Waals surface area contributed by atoms with E-state index in [0.29, 0.717) is 11.8 Å². The van der Waals surface area contributed by atoms with Crippen LogP contribution in [0.15, 0.2) is 97.1 Å². The summed E-state index contributed by atoms with van der Waals surface area (Å²) in [6.07, 6.45) is 11.6. The lowest BCUT2D eigenvalue weighted by atomic mass is 9.94. The molecule has 2 unspecified atom stereocenters. The highest BCUT2D eigenvalue weighted by molar-refractivity contribution is 5.81. The number of carbonyl (C=O) groups excluding carboxylic acids is 4. The van der Waals surface area contributed by atoms with Gasteiger partial charge in [0.05, 0.1) is 12.8 Å². The van der Waals surface area contributed by atoms with Crippen molar-refractivity contribution in [2.24, 2.45) is 11.8 Å². The van der Waals surface area contributed by atoms with Crippen LogP contribution >= 0.6 is 0 Å². The van der Waals surface area contributed by atoms with Crippen molar-refractivity contribution < 1.29 is 28.7 Å². The molecule has 6 heteroatoms. The summed E-state index contributed by atoms with van der Waals surface area (Å²) in [6.45, 7) is 20.1. The summed E-state index contributed by atoms with van der Waals surface area (Å²) in [6, 6.07) is 35.1. The van der Waals surface area contributed by atoms with Crippen molar-refractivity contribution in [3.63, 3.8) is 0 Å². The maximum absolute atomic E-state index is 12.2. The summed E-state index contributed by atoms with van der Waals surface area (Å²) in [5, 5.41) is 0. The quantitative estimate of drug-likeness (QED) is 0.0652. The van der Waals surface area contributed by atoms with E-state index in [9.17, 15) is 19.2 Å². The monoisotopic (exact) mass is 861 g/mol. The number of hydrogen-bond acceptors (Lipinski definition) is 6. The maximum atomic E-state index is 12.2. The summed E-state index contributed by atoms with van der Waals surface area (Å²) in [4.78, 5) is 45.3. The molecule has 4 rings (SSSR count). The van der Waals surface area contributed by atoms with Gasteiger partial charge in [-0.3, -0.25) is 9.59 Å². The molecule has 0 radical (unpaired) electrons. The molecule has 0 aliphatic carbocycles. The first-order valence-corrected chi connectivity index (χ1v) is 23.8. The Morgan fingerprint density at radius 2 is 0.889 bits per heavy atom. The lowest BCUT2D eigenvalue weighted by Crippen LogP contribution is -2.21. The molecule has 0 bridgehead atoms. The Bertz CT molecular complexity index is 1940. The predicted octanol–water partition coefficient (Wildman–Crippen LogP) is 13.4. The van der Waals surface area contributed by atoms with Gasteiger partial charge in [0.25, 0.3) is 0 Å². The Labute approximate surface area is 382 Å². The largest absolute Gasteiger partial charge is 0.462 e. The van der Waals surface area contributed by atoms with E-state index in [-0.39, 0.29) is 61.4 Å². The molecule has 2 atom stereocenters. The van der Waals surface area contributed by atoms with E-state index in [1.807, 2.05) is 6.92 Å². The molecule has 0 aliphatic heterocycles. The van der Waals surface area contributed by atoms with Gasteiger partial charge in [0.15, 0.2) is 0 Å². The minimum atomic E-state index is -0.259. The fourth-order valence-electron chi connectivity index (χ4n) is 7.44. The third kappa shape index (κ3) is 24.6. The second-order valence-electron chi connectivity index (χ2n) is 17.9. The number of ether oxygens (including phenoxy) is 2. The molecule has 4 aromatic rings. The molecule has 0 saturated carbocycles. The van der Waals surface area contributed by atoms with E-state index in [1.165, 1.54) is 58.4 Å². The van der Waals surface area contributed by atoms with E-state index in [0.717, 1.165) is 70.6 Å². The van der Waals surface area contributed by atoms with Crippen LogP contribution in [0.5, 0.6) is 0 Å². The number of esters is 2. The van der Waals surface area contributed by atoms with Gasteiger partial charge in [-0.25, -0.2) is 0 Å². The lowest BCUT2D eigenvalue weighted by Gasteiger charge is -2.20. The minimum Gasteiger partial charge on any atom is -0.462 e. The molecule has 0 fully saturated rings. The Morgan fingerprint density at radius 3 is 1.33 bits per heavy atom.